The third-order valence-corrected chi connectivity index (χ3v) is 6.20. The van der Waals surface area contributed by atoms with Gasteiger partial charge in [0.05, 0.1) is 11.5 Å². The fraction of sp³-hybridized carbons (Fsp3) is 0.611. The number of carbonyl (C=O) groups excluding carboxylic acids is 2. The summed E-state index contributed by atoms with van der Waals surface area (Å²) in [6, 6.07) is -1.00. The van der Waals surface area contributed by atoms with Crippen LogP contribution in [0.1, 0.15) is 20.8 Å². The predicted octanol–water partition coefficient (Wildman–Crippen LogP) is -3.76. The van der Waals surface area contributed by atoms with E-state index in [1.807, 2.05) is 0 Å². The van der Waals surface area contributed by atoms with Crippen molar-refractivity contribution >= 4 is 11.9 Å². The van der Waals surface area contributed by atoms with Gasteiger partial charge in [0.15, 0.2) is 0 Å². The van der Waals surface area contributed by atoms with Gasteiger partial charge in [-0.15, -0.1) is 0 Å². The molecule has 3 aliphatic heterocycles. The summed E-state index contributed by atoms with van der Waals surface area (Å²) in [7, 11) is 1.28. The lowest BCUT2D eigenvalue weighted by Crippen LogP contribution is -2.88. The molecule has 3 heterocycles. The lowest BCUT2D eigenvalue weighted by Gasteiger charge is -2.63. The van der Waals surface area contributed by atoms with Crippen LogP contribution in [0.4, 0.5) is 4.79 Å². The van der Waals surface area contributed by atoms with Crippen LogP contribution >= 0.6 is 0 Å². The van der Waals surface area contributed by atoms with Gasteiger partial charge in [0.1, 0.15) is 23.9 Å². The van der Waals surface area contributed by atoms with Gasteiger partial charge in [-0.3, -0.25) is 10.1 Å². The molecule has 1 saturated heterocycles. The summed E-state index contributed by atoms with van der Waals surface area (Å²) in [6.07, 6.45) is 2.43. The number of carbonyl (C=O) groups is 2. The molecule has 0 aromatic carbocycles. The van der Waals surface area contributed by atoms with Crippen LogP contribution in [0.25, 0.3) is 0 Å². The van der Waals surface area contributed by atoms with Gasteiger partial charge in [-0.1, -0.05) is 13.8 Å². The Morgan fingerprint density at radius 3 is 2.41 bits per heavy atom. The van der Waals surface area contributed by atoms with Crippen LogP contribution in [0.3, 0.4) is 0 Å². The Labute approximate surface area is 182 Å². The number of urea groups is 1. The molecule has 0 radical (unpaired) electrons. The Bertz CT molecular complexity index is 950. The molecule has 3 rings (SSSR count). The highest BCUT2D eigenvalue weighted by atomic mass is 16.6. The first-order valence-electron chi connectivity index (χ1n) is 9.58. The molecule has 0 aromatic rings. The molecule has 0 bridgehead atoms. The summed E-state index contributed by atoms with van der Waals surface area (Å²) in [5, 5.41) is 81.9. The van der Waals surface area contributed by atoms with Crippen molar-refractivity contribution in [2.75, 3.05) is 7.05 Å². The maximum absolute atomic E-state index is 12.7. The number of nitriles is 1. The summed E-state index contributed by atoms with van der Waals surface area (Å²) in [5.74, 6) is -14.0. The molecule has 3 aliphatic rings. The van der Waals surface area contributed by atoms with Crippen LogP contribution < -0.4 is 16.0 Å². The standard InChI is InChI=1S/C18H26N6O8/c1-8(7-19)12(25)24-16(27,28)13(15(2,3)17(29,30)18(24,31)32)23(4)11-9-5-6-20-10(9)21-14(26)22-11/h5-6,8,10,13,20,27-32H,1-4H3,(H2,21,22,26). The second-order valence-electron chi connectivity index (χ2n) is 8.59. The molecule has 3 amide bonds. The molecule has 0 saturated carbocycles. The zero-order chi connectivity index (χ0) is 24.4. The zero-order valence-corrected chi connectivity index (χ0v) is 17.7. The lowest BCUT2D eigenvalue weighted by atomic mass is 9.68. The third-order valence-electron chi connectivity index (χ3n) is 6.20. The van der Waals surface area contributed by atoms with Crippen molar-refractivity contribution in [3.63, 3.8) is 0 Å². The van der Waals surface area contributed by atoms with Gasteiger partial charge in [0, 0.05) is 12.6 Å². The number of nitrogens with one attached hydrogen (secondary N) is 3. The topological polar surface area (TPSA) is 222 Å². The fourth-order valence-corrected chi connectivity index (χ4v) is 4.45. The quantitative estimate of drug-likeness (QED) is 0.188. The van der Waals surface area contributed by atoms with Crippen LogP contribution in [-0.4, -0.2) is 89.2 Å². The Kier molecular flexibility index (Phi) is 5.22. The van der Waals surface area contributed by atoms with Gasteiger partial charge in [0.25, 0.3) is 5.91 Å². The van der Waals surface area contributed by atoms with Crippen LogP contribution in [-0.2, 0) is 4.79 Å². The summed E-state index contributed by atoms with van der Waals surface area (Å²) in [4.78, 5) is 25.6. The first kappa shape index (κ1) is 23.7. The minimum absolute atomic E-state index is 0.0189. The van der Waals surface area contributed by atoms with E-state index in [1.165, 1.54) is 19.3 Å². The summed E-state index contributed by atoms with van der Waals surface area (Å²) in [6.45, 7) is 3.25. The Morgan fingerprint density at radius 2 is 1.84 bits per heavy atom. The SMILES string of the molecule is CC(C#N)C(=O)N1C(O)(O)C(N(C)C2=C3C=CNC3NC(=O)N2)C(C)(C)C(O)(O)C1(O)O. The number of likely N-dealkylation sites (N-methyl/N-ethyl adjacent to an activating group) is 1. The number of nitrogens with zero attached hydrogens (tertiary/aromatic N) is 3. The second kappa shape index (κ2) is 7.04. The largest absolute Gasteiger partial charge is 0.367 e. The maximum atomic E-state index is 12.7. The van der Waals surface area contributed by atoms with Crippen LogP contribution in [0.2, 0.25) is 0 Å². The van der Waals surface area contributed by atoms with Gasteiger partial charge < -0.3 is 46.2 Å². The van der Waals surface area contributed by atoms with Gasteiger partial charge >= 0.3 is 11.9 Å². The molecule has 1 fully saturated rings. The van der Waals surface area contributed by atoms with E-state index in [2.05, 4.69) is 16.0 Å². The first-order chi connectivity index (χ1) is 14.5. The van der Waals surface area contributed by atoms with Gasteiger partial charge in [0.2, 0.25) is 11.7 Å². The number of rotatable bonds is 3. The normalized spacial score (nSPS) is 29.8. The van der Waals surface area contributed by atoms with Gasteiger partial charge in [-0.2, -0.15) is 5.26 Å². The average Bonchev–Trinajstić information content (AvgIpc) is 3.12. The number of fused-ring (bicyclic) bond motifs is 1. The minimum Gasteiger partial charge on any atom is -0.367 e. The monoisotopic (exact) mass is 454 g/mol. The molecule has 3 atom stereocenters. The highest BCUT2D eigenvalue weighted by Gasteiger charge is 2.77. The summed E-state index contributed by atoms with van der Waals surface area (Å²) in [5.41, 5.74) is -1.73. The van der Waals surface area contributed by atoms with Crippen molar-refractivity contribution in [3.05, 3.63) is 23.7 Å². The molecular formula is C18H26N6O8. The van der Waals surface area contributed by atoms with E-state index in [4.69, 9.17) is 5.26 Å². The van der Waals surface area contributed by atoms with E-state index in [-0.39, 0.29) is 10.7 Å². The molecule has 14 heteroatoms. The fourth-order valence-electron chi connectivity index (χ4n) is 4.45. The smallest absolute Gasteiger partial charge is 0.322 e. The van der Waals surface area contributed by atoms with Crippen molar-refractivity contribution in [2.24, 2.45) is 11.3 Å². The van der Waals surface area contributed by atoms with E-state index in [9.17, 15) is 40.2 Å². The molecule has 0 spiro atoms. The van der Waals surface area contributed by atoms with Crippen molar-refractivity contribution in [1.82, 2.24) is 25.8 Å². The van der Waals surface area contributed by atoms with Crippen LogP contribution in [0, 0.1) is 22.7 Å². The molecule has 0 aliphatic carbocycles. The maximum Gasteiger partial charge on any atom is 0.322 e. The number of hydrogen-bond acceptors (Lipinski definition) is 11. The van der Waals surface area contributed by atoms with E-state index in [1.54, 1.807) is 6.08 Å². The highest BCUT2D eigenvalue weighted by molar-refractivity contribution is 5.82. The van der Waals surface area contributed by atoms with Crippen molar-refractivity contribution in [3.8, 4) is 6.07 Å². The summed E-state index contributed by atoms with van der Waals surface area (Å²) >= 11 is 0. The zero-order valence-electron chi connectivity index (χ0n) is 17.7. The Morgan fingerprint density at radius 1 is 1.25 bits per heavy atom. The van der Waals surface area contributed by atoms with Crippen LogP contribution in [0.15, 0.2) is 23.7 Å². The van der Waals surface area contributed by atoms with E-state index in [0.717, 1.165) is 25.7 Å². The number of piperidine rings is 1. The van der Waals surface area contributed by atoms with Gasteiger partial charge in [-0.05, 0) is 19.2 Å². The first-order valence-corrected chi connectivity index (χ1v) is 9.58. The molecule has 32 heavy (non-hydrogen) atoms. The van der Waals surface area contributed by atoms with E-state index in [0.29, 0.717) is 5.57 Å². The van der Waals surface area contributed by atoms with Crippen molar-refractivity contribution < 1.29 is 40.2 Å². The third kappa shape index (κ3) is 2.94. The highest BCUT2D eigenvalue weighted by Crippen LogP contribution is 2.52. The number of likely N-dealkylation sites (tertiary alicyclic amines) is 1. The van der Waals surface area contributed by atoms with E-state index >= 15 is 0 Å². The molecule has 14 nitrogen and oxygen atoms in total. The lowest BCUT2D eigenvalue weighted by molar-refractivity contribution is -0.518. The minimum atomic E-state index is -3.91. The van der Waals surface area contributed by atoms with E-state index < -0.39 is 53.1 Å². The number of hydrogen-bond donors (Lipinski definition) is 9. The second-order valence-corrected chi connectivity index (χ2v) is 8.59. The summed E-state index contributed by atoms with van der Waals surface area (Å²) < 4.78 is 0. The molecule has 0 aromatic heterocycles. The predicted molar refractivity (Wildman–Crippen MR) is 103 cm³/mol. The van der Waals surface area contributed by atoms with Gasteiger partial charge in [-0.25, -0.2) is 9.69 Å². The molecule has 176 valence electrons. The number of amides is 3. The Hall–Kier alpha value is -2.93. The molecule has 9 N–H and O–H groups in total. The number of aliphatic hydroxyl groups is 6. The molecular weight excluding hydrogens is 428 g/mol. The van der Waals surface area contributed by atoms with Crippen molar-refractivity contribution in [2.45, 2.75) is 50.6 Å². The Balaban J connectivity index is 2.22. The average molecular weight is 454 g/mol. The van der Waals surface area contributed by atoms with Crippen LogP contribution in [0.5, 0.6) is 0 Å². The molecule has 3 unspecified atom stereocenters. The van der Waals surface area contributed by atoms with Crippen molar-refractivity contribution in [1.29, 1.82) is 5.26 Å².